The Morgan fingerprint density at radius 1 is 1.25 bits per heavy atom. The van der Waals surface area contributed by atoms with Gasteiger partial charge in [0.05, 0.1) is 4.88 Å². The SMILES string of the molecule is Nc1nccnc1-c1cccs1. The quantitative estimate of drug-likeness (QED) is 0.722. The number of thiophene rings is 1. The monoisotopic (exact) mass is 177 g/mol. The van der Waals surface area contributed by atoms with E-state index >= 15 is 0 Å². The van der Waals surface area contributed by atoms with Crippen LogP contribution in [0.1, 0.15) is 0 Å². The maximum Gasteiger partial charge on any atom is 0.150 e. The van der Waals surface area contributed by atoms with E-state index in [2.05, 4.69) is 9.97 Å². The maximum absolute atomic E-state index is 5.64. The van der Waals surface area contributed by atoms with Crippen molar-refractivity contribution < 1.29 is 0 Å². The van der Waals surface area contributed by atoms with Gasteiger partial charge in [0.2, 0.25) is 0 Å². The minimum absolute atomic E-state index is 0.486. The minimum atomic E-state index is 0.486. The highest BCUT2D eigenvalue weighted by molar-refractivity contribution is 7.13. The molecule has 60 valence electrons. The molecule has 0 fully saturated rings. The lowest BCUT2D eigenvalue weighted by molar-refractivity contribution is 1.22. The standard InChI is InChI=1S/C8H7N3S/c9-8-7(10-3-4-11-8)6-2-1-5-12-6/h1-5H,(H2,9,11). The second-order valence-electron chi connectivity index (χ2n) is 2.27. The topological polar surface area (TPSA) is 51.8 Å². The molecule has 2 rings (SSSR count). The molecule has 4 heteroatoms. The van der Waals surface area contributed by atoms with Crippen molar-refractivity contribution in [1.29, 1.82) is 0 Å². The fraction of sp³-hybridized carbons (Fsp3) is 0. The molecule has 2 aromatic rings. The number of nitrogens with zero attached hydrogens (tertiary/aromatic N) is 2. The van der Waals surface area contributed by atoms with Crippen LogP contribution in [0.25, 0.3) is 10.6 Å². The van der Waals surface area contributed by atoms with Crippen LogP contribution in [-0.2, 0) is 0 Å². The second kappa shape index (κ2) is 2.91. The van der Waals surface area contributed by atoms with Crippen LogP contribution in [-0.4, -0.2) is 9.97 Å². The van der Waals surface area contributed by atoms with Gasteiger partial charge in [0, 0.05) is 12.4 Å². The molecule has 0 aliphatic heterocycles. The lowest BCUT2D eigenvalue weighted by Crippen LogP contribution is -1.94. The van der Waals surface area contributed by atoms with E-state index in [1.165, 1.54) is 0 Å². The molecule has 0 bridgehead atoms. The summed E-state index contributed by atoms with van der Waals surface area (Å²) < 4.78 is 0. The first-order valence-electron chi connectivity index (χ1n) is 3.48. The Bertz CT molecular complexity index is 370. The van der Waals surface area contributed by atoms with E-state index in [1.54, 1.807) is 23.7 Å². The van der Waals surface area contributed by atoms with Crippen molar-refractivity contribution >= 4 is 17.2 Å². The van der Waals surface area contributed by atoms with Crippen molar-refractivity contribution in [2.45, 2.75) is 0 Å². The number of hydrogen-bond acceptors (Lipinski definition) is 4. The largest absolute Gasteiger partial charge is 0.382 e. The Labute approximate surface area is 73.9 Å². The molecular weight excluding hydrogens is 170 g/mol. The van der Waals surface area contributed by atoms with E-state index in [4.69, 9.17) is 5.73 Å². The van der Waals surface area contributed by atoms with Crippen LogP contribution in [0.4, 0.5) is 5.82 Å². The molecule has 2 N–H and O–H groups in total. The highest BCUT2D eigenvalue weighted by Crippen LogP contribution is 2.25. The van der Waals surface area contributed by atoms with E-state index in [-0.39, 0.29) is 0 Å². The van der Waals surface area contributed by atoms with Crippen molar-refractivity contribution in [3.63, 3.8) is 0 Å². The van der Waals surface area contributed by atoms with E-state index in [1.807, 2.05) is 17.5 Å². The predicted molar refractivity (Wildman–Crippen MR) is 49.8 cm³/mol. The smallest absolute Gasteiger partial charge is 0.150 e. The summed E-state index contributed by atoms with van der Waals surface area (Å²) in [5.74, 6) is 0.486. The maximum atomic E-state index is 5.64. The van der Waals surface area contributed by atoms with Crippen LogP contribution in [0.5, 0.6) is 0 Å². The van der Waals surface area contributed by atoms with Crippen molar-refractivity contribution in [2.24, 2.45) is 0 Å². The fourth-order valence-corrected chi connectivity index (χ4v) is 1.68. The number of nitrogens with two attached hydrogens (primary N) is 1. The first kappa shape index (κ1) is 7.24. The molecule has 0 aliphatic rings. The molecule has 0 atom stereocenters. The second-order valence-corrected chi connectivity index (χ2v) is 3.22. The molecule has 2 aromatic heterocycles. The summed E-state index contributed by atoms with van der Waals surface area (Å²) in [4.78, 5) is 9.16. The molecule has 0 saturated heterocycles. The van der Waals surface area contributed by atoms with Crippen molar-refractivity contribution in [3.8, 4) is 10.6 Å². The van der Waals surface area contributed by atoms with Crippen molar-refractivity contribution in [2.75, 3.05) is 5.73 Å². The third-order valence-electron chi connectivity index (χ3n) is 1.48. The molecule has 0 aliphatic carbocycles. The average molecular weight is 177 g/mol. The summed E-state index contributed by atoms with van der Waals surface area (Å²) in [6.07, 6.45) is 3.23. The Hall–Kier alpha value is -1.42. The van der Waals surface area contributed by atoms with Gasteiger partial charge in [0.25, 0.3) is 0 Å². The van der Waals surface area contributed by atoms with Gasteiger partial charge in [-0.1, -0.05) is 6.07 Å². The van der Waals surface area contributed by atoms with Gasteiger partial charge in [-0.3, -0.25) is 0 Å². The molecule has 3 nitrogen and oxygen atoms in total. The Kier molecular flexibility index (Phi) is 1.75. The summed E-state index contributed by atoms with van der Waals surface area (Å²) in [7, 11) is 0. The van der Waals surface area contributed by atoms with E-state index in [0.717, 1.165) is 10.6 Å². The number of hydrogen-bond donors (Lipinski definition) is 1. The zero-order valence-electron chi connectivity index (χ0n) is 6.27. The predicted octanol–water partition coefficient (Wildman–Crippen LogP) is 1.79. The van der Waals surface area contributed by atoms with Crippen molar-refractivity contribution in [3.05, 3.63) is 29.9 Å². The summed E-state index contributed by atoms with van der Waals surface area (Å²) in [6.45, 7) is 0. The van der Waals surface area contributed by atoms with Crippen LogP contribution in [0.15, 0.2) is 29.9 Å². The molecule has 0 aromatic carbocycles. The normalized spacial score (nSPS) is 10.0. The molecule has 2 heterocycles. The Morgan fingerprint density at radius 2 is 2.08 bits per heavy atom. The summed E-state index contributed by atoms with van der Waals surface area (Å²) in [6, 6.07) is 3.94. The zero-order valence-corrected chi connectivity index (χ0v) is 7.08. The van der Waals surface area contributed by atoms with Crippen LogP contribution >= 0.6 is 11.3 Å². The van der Waals surface area contributed by atoms with Gasteiger partial charge in [0.1, 0.15) is 5.69 Å². The highest BCUT2D eigenvalue weighted by atomic mass is 32.1. The Morgan fingerprint density at radius 3 is 2.75 bits per heavy atom. The van der Waals surface area contributed by atoms with Crippen molar-refractivity contribution in [1.82, 2.24) is 9.97 Å². The number of anilines is 1. The summed E-state index contributed by atoms with van der Waals surface area (Å²) >= 11 is 1.61. The average Bonchev–Trinajstić information content (AvgIpc) is 2.57. The summed E-state index contributed by atoms with van der Waals surface area (Å²) in [5.41, 5.74) is 6.42. The van der Waals surface area contributed by atoms with Gasteiger partial charge < -0.3 is 5.73 Å². The van der Waals surface area contributed by atoms with Gasteiger partial charge in [-0.25, -0.2) is 9.97 Å². The first-order chi connectivity index (χ1) is 5.88. The highest BCUT2D eigenvalue weighted by Gasteiger charge is 2.03. The number of nitrogen functional groups attached to an aromatic ring is 1. The molecule has 0 radical (unpaired) electrons. The molecule has 0 amide bonds. The van der Waals surface area contributed by atoms with Gasteiger partial charge >= 0.3 is 0 Å². The third kappa shape index (κ3) is 1.16. The van der Waals surface area contributed by atoms with Crippen LogP contribution in [0, 0.1) is 0 Å². The minimum Gasteiger partial charge on any atom is -0.382 e. The van der Waals surface area contributed by atoms with E-state index in [0.29, 0.717) is 5.82 Å². The molecule has 12 heavy (non-hydrogen) atoms. The van der Waals surface area contributed by atoms with Crippen LogP contribution in [0.2, 0.25) is 0 Å². The fourth-order valence-electron chi connectivity index (χ4n) is 0.952. The number of aromatic nitrogens is 2. The van der Waals surface area contributed by atoms with Crippen LogP contribution < -0.4 is 5.73 Å². The van der Waals surface area contributed by atoms with Crippen LogP contribution in [0.3, 0.4) is 0 Å². The summed E-state index contributed by atoms with van der Waals surface area (Å²) in [5, 5.41) is 1.99. The lowest BCUT2D eigenvalue weighted by Gasteiger charge is -1.97. The number of rotatable bonds is 1. The van der Waals surface area contributed by atoms with Gasteiger partial charge in [-0.05, 0) is 11.4 Å². The van der Waals surface area contributed by atoms with E-state index in [9.17, 15) is 0 Å². The van der Waals surface area contributed by atoms with E-state index < -0.39 is 0 Å². The van der Waals surface area contributed by atoms with Gasteiger partial charge in [0.15, 0.2) is 5.82 Å². The Balaban J connectivity index is 2.55. The molecule has 0 saturated carbocycles. The van der Waals surface area contributed by atoms with Gasteiger partial charge in [-0.2, -0.15) is 0 Å². The molecular formula is C8H7N3S. The molecule has 0 spiro atoms. The zero-order chi connectivity index (χ0) is 8.39. The lowest BCUT2D eigenvalue weighted by atomic mass is 10.3. The first-order valence-corrected chi connectivity index (χ1v) is 4.36. The molecule has 0 unspecified atom stereocenters. The van der Waals surface area contributed by atoms with Gasteiger partial charge in [-0.15, -0.1) is 11.3 Å². The third-order valence-corrected chi connectivity index (χ3v) is 2.36.